The van der Waals surface area contributed by atoms with Crippen molar-refractivity contribution in [2.75, 3.05) is 52.4 Å². The molecule has 0 heterocycles. The standard InChI is InChI=1S/C60H120N4O5/c1-5-9-13-17-21-25-29-33-37-43-54-63(55-44-38-34-30-26-22-18-14-10-6-2)68-59(65)49-41-47-52-62(58-51-61-67)53-48-42-50-60(66)69-64(56-45-39-35-31-27-23-19-15-11-7-3)57-46-40-36-32-28-24-20-16-12-8-4/h5-58H2,1-4H3. The largest absolute Gasteiger partial charge is 0.368 e. The van der Waals surface area contributed by atoms with Crippen molar-refractivity contribution in [2.24, 2.45) is 5.18 Å². The molecule has 0 aromatic rings. The summed E-state index contributed by atoms with van der Waals surface area (Å²) in [6, 6.07) is 0. The molecule has 69 heavy (non-hydrogen) atoms. The maximum Gasteiger partial charge on any atom is 0.325 e. The van der Waals surface area contributed by atoms with E-state index in [1.165, 1.54) is 231 Å². The van der Waals surface area contributed by atoms with Crippen LogP contribution in [0.2, 0.25) is 0 Å². The number of hydrogen-bond donors (Lipinski definition) is 0. The molecule has 0 aromatic carbocycles. The van der Waals surface area contributed by atoms with E-state index >= 15 is 0 Å². The summed E-state index contributed by atoms with van der Waals surface area (Å²) in [5.74, 6) is -0.242. The van der Waals surface area contributed by atoms with E-state index in [0.717, 1.165) is 90.6 Å². The second-order valence-corrected chi connectivity index (χ2v) is 21.1. The average molecular weight is 978 g/mol. The summed E-state index contributed by atoms with van der Waals surface area (Å²) in [4.78, 5) is 51.6. The molecule has 0 spiro atoms. The molecule has 410 valence electrons. The van der Waals surface area contributed by atoms with Crippen molar-refractivity contribution in [1.82, 2.24) is 15.0 Å². The van der Waals surface area contributed by atoms with E-state index in [9.17, 15) is 14.5 Å². The van der Waals surface area contributed by atoms with Crippen LogP contribution in [-0.2, 0) is 19.3 Å². The van der Waals surface area contributed by atoms with Gasteiger partial charge in [0, 0.05) is 45.6 Å². The van der Waals surface area contributed by atoms with Gasteiger partial charge in [0.1, 0.15) is 0 Å². The Morgan fingerprint density at radius 2 is 0.507 bits per heavy atom. The van der Waals surface area contributed by atoms with Crippen LogP contribution in [0.15, 0.2) is 5.18 Å². The van der Waals surface area contributed by atoms with Crippen LogP contribution in [0.25, 0.3) is 0 Å². The minimum atomic E-state index is -0.121. The highest BCUT2D eigenvalue weighted by molar-refractivity contribution is 5.69. The van der Waals surface area contributed by atoms with Gasteiger partial charge in [-0.1, -0.05) is 264 Å². The minimum absolute atomic E-state index is 0.121. The number of carbonyl (C=O) groups is 2. The first kappa shape index (κ1) is 67.4. The van der Waals surface area contributed by atoms with E-state index < -0.39 is 0 Å². The monoisotopic (exact) mass is 977 g/mol. The fourth-order valence-corrected chi connectivity index (χ4v) is 9.61. The molecule has 0 bridgehead atoms. The van der Waals surface area contributed by atoms with E-state index in [1.807, 2.05) is 10.1 Å². The lowest BCUT2D eigenvalue weighted by atomic mass is 10.1. The molecule has 0 saturated heterocycles. The van der Waals surface area contributed by atoms with Gasteiger partial charge in [0.15, 0.2) is 0 Å². The fraction of sp³-hybridized carbons (Fsp3) is 0.967. The highest BCUT2D eigenvalue weighted by atomic mass is 16.7. The summed E-state index contributed by atoms with van der Waals surface area (Å²) in [5.41, 5.74) is 0. The van der Waals surface area contributed by atoms with Crippen LogP contribution in [0.4, 0.5) is 0 Å². The van der Waals surface area contributed by atoms with Crippen molar-refractivity contribution in [3.8, 4) is 0 Å². The van der Waals surface area contributed by atoms with Crippen molar-refractivity contribution in [3.05, 3.63) is 4.91 Å². The summed E-state index contributed by atoms with van der Waals surface area (Å²) in [7, 11) is 0. The maximum atomic E-state index is 13.1. The lowest BCUT2D eigenvalue weighted by Gasteiger charge is -2.23. The van der Waals surface area contributed by atoms with Gasteiger partial charge in [-0.3, -0.25) is 9.59 Å². The summed E-state index contributed by atoms with van der Waals surface area (Å²) in [5, 5.41) is 7.08. The van der Waals surface area contributed by atoms with E-state index in [0.29, 0.717) is 19.4 Å². The van der Waals surface area contributed by atoms with Crippen LogP contribution in [0.5, 0.6) is 0 Å². The predicted octanol–water partition coefficient (Wildman–Crippen LogP) is 18.6. The lowest BCUT2D eigenvalue weighted by molar-refractivity contribution is -0.192. The number of unbranched alkanes of at least 4 members (excludes halogenated alkanes) is 38. The SMILES string of the molecule is CCCCCCCCCCCCN(CCCCCCCCCCCC)OC(=O)CCCCN(CCCCC(=O)ON(CCCCCCCCCCCC)CCCCCCCCCCCC)CCN=O. The maximum absolute atomic E-state index is 13.1. The predicted molar refractivity (Wildman–Crippen MR) is 298 cm³/mol. The molecule has 0 aromatic heterocycles. The number of nitroso groups, excluding NO2 is 1. The van der Waals surface area contributed by atoms with E-state index in [-0.39, 0.29) is 18.5 Å². The lowest BCUT2D eigenvalue weighted by Crippen LogP contribution is -2.31. The van der Waals surface area contributed by atoms with E-state index in [4.69, 9.17) is 9.68 Å². The normalized spacial score (nSPS) is 11.7. The second kappa shape index (κ2) is 57.3. The topological polar surface area (TPSA) is 91.8 Å². The molecule has 0 amide bonds. The van der Waals surface area contributed by atoms with Crippen molar-refractivity contribution < 1.29 is 19.3 Å². The highest BCUT2D eigenvalue weighted by Gasteiger charge is 2.15. The fourth-order valence-electron chi connectivity index (χ4n) is 9.61. The molecule has 0 aliphatic carbocycles. The van der Waals surface area contributed by atoms with Gasteiger partial charge in [0.25, 0.3) is 0 Å². The number of carbonyl (C=O) groups excluding carboxylic acids is 2. The van der Waals surface area contributed by atoms with Crippen molar-refractivity contribution in [2.45, 2.75) is 323 Å². The second-order valence-electron chi connectivity index (χ2n) is 21.1. The molecule has 0 N–H and O–H groups in total. The molecule has 0 aliphatic heterocycles. The first-order valence-electron chi connectivity index (χ1n) is 30.9. The van der Waals surface area contributed by atoms with Crippen LogP contribution in [0.3, 0.4) is 0 Å². The molecular formula is C60H120N4O5. The highest BCUT2D eigenvalue weighted by Crippen LogP contribution is 2.17. The minimum Gasteiger partial charge on any atom is -0.368 e. The Hall–Kier alpha value is -1.58. The number of hydroxylamine groups is 4. The first-order chi connectivity index (χ1) is 34.0. The van der Waals surface area contributed by atoms with Crippen LogP contribution >= 0.6 is 0 Å². The number of rotatable bonds is 59. The summed E-state index contributed by atoms with van der Waals surface area (Å²) < 4.78 is 0. The Bertz CT molecular complexity index is 927. The Kier molecular flexibility index (Phi) is 56.0. The van der Waals surface area contributed by atoms with Crippen LogP contribution < -0.4 is 0 Å². The molecule has 0 saturated carbocycles. The average Bonchev–Trinajstić information content (AvgIpc) is 3.35. The molecule has 9 nitrogen and oxygen atoms in total. The Morgan fingerprint density at radius 1 is 0.290 bits per heavy atom. The molecule has 0 rings (SSSR count). The van der Waals surface area contributed by atoms with Crippen LogP contribution in [0.1, 0.15) is 323 Å². The zero-order chi connectivity index (χ0) is 50.2. The van der Waals surface area contributed by atoms with Gasteiger partial charge >= 0.3 is 11.9 Å². The molecular weight excluding hydrogens is 857 g/mol. The van der Waals surface area contributed by atoms with Crippen molar-refractivity contribution >= 4 is 11.9 Å². The molecule has 0 atom stereocenters. The van der Waals surface area contributed by atoms with Gasteiger partial charge in [-0.15, -0.1) is 10.1 Å². The smallest absolute Gasteiger partial charge is 0.325 e. The number of nitrogens with zero attached hydrogens (tertiary/aromatic N) is 4. The van der Waals surface area contributed by atoms with Crippen molar-refractivity contribution in [1.29, 1.82) is 0 Å². The van der Waals surface area contributed by atoms with Gasteiger partial charge in [0.05, 0.1) is 6.54 Å². The van der Waals surface area contributed by atoms with Crippen LogP contribution in [0, 0.1) is 4.91 Å². The van der Waals surface area contributed by atoms with Gasteiger partial charge in [-0.2, -0.15) is 4.91 Å². The zero-order valence-electron chi connectivity index (χ0n) is 47.0. The quantitative estimate of drug-likeness (QED) is 0.0338. The van der Waals surface area contributed by atoms with Gasteiger partial charge in [0.2, 0.25) is 0 Å². The third kappa shape index (κ3) is 52.6. The first-order valence-corrected chi connectivity index (χ1v) is 30.9. The van der Waals surface area contributed by atoms with Gasteiger partial charge in [-0.05, 0) is 64.5 Å². The Labute approximate surface area is 430 Å². The molecule has 0 unspecified atom stereocenters. The third-order valence-corrected chi connectivity index (χ3v) is 14.2. The molecule has 9 heteroatoms. The molecule has 0 aliphatic rings. The van der Waals surface area contributed by atoms with Gasteiger partial charge < -0.3 is 14.6 Å². The summed E-state index contributed by atoms with van der Waals surface area (Å²) in [6.07, 6.45) is 56.0. The number of hydrogen-bond acceptors (Lipinski definition) is 9. The zero-order valence-corrected chi connectivity index (χ0v) is 47.0. The molecule has 0 fully saturated rings. The van der Waals surface area contributed by atoms with E-state index in [1.54, 1.807) is 0 Å². The third-order valence-electron chi connectivity index (χ3n) is 14.2. The molecule has 0 radical (unpaired) electrons. The Morgan fingerprint density at radius 3 is 0.739 bits per heavy atom. The van der Waals surface area contributed by atoms with Gasteiger partial charge in [-0.25, -0.2) is 0 Å². The Balaban J connectivity index is 4.77. The summed E-state index contributed by atoms with van der Waals surface area (Å²) >= 11 is 0. The summed E-state index contributed by atoms with van der Waals surface area (Å²) in [6.45, 7) is 14.9. The van der Waals surface area contributed by atoms with Crippen molar-refractivity contribution in [3.63, 3.8) is 0 Å². The van der Waals surface area contributed by atoms with Crippen LogP contribution in [-0.4, -0.2) is 79.3 Å². The van der Waals surface area contributed by atoms with E-state index in [2.05, 4.69) is 37.8 Å².